The van der Waals surface area contributed by atoms with E-state index in [9.17, 15) is 13.2 Å². The van der Waals surface area contributed by atoms with Gasteiger partial charge in [0, 0.05) is 17.6 Å². The van der Waals surface area contributed by atoms with Crippen molar-refractivity contribution in [2.75, 3.05) is 10.6 Å². The molecule has 0 amide bonds. The second kappa shape index (κ2) is 7.58. The van der Waals surface area contributed by atoms with Crippen LogP contribution in [-0.4, -0.2) is 25.8 Å². The first kappa shape index (κ1) is 19.0. The minimum Gasteiger partial charge on any atom is -0.367 e. The van der Waals surface area contributed by atoms with Gasteiger partial charge in [-0.1, -0.05) is 18.9 Å². The SMILES string of the molecule is [C-]#[N+]Cn1ncc2c(Nc3ncc(C(F)(F)F)c(NC4CCCC4)n3)cccc21. The lowest BCUT2D eigenvalue weighted by Gasteiger charge is -2.18. The van der Waals surface area contributed by atoms with E-state index in [0.29, 0.717) is 5.69 Å². The van der Waals surface area contributed by atoms with Crippen molar-refractivity contribution >= 4 is 28.4 Å². The maximum Gasteiger partial charge on any atom is 0.421 e. The first-order valence-electron chi connectivity index (χ1n) is 9.21. The fraction of sp³-hybridized carbons (Fsp3) is 0.368. The summed E-state index contributed by atoms with van der Waals surface area (Å²) in [7, 11) is 0. The highest BCUT2D eigenvalue weighted by molar-refractivity contribution is 5.92. The highest BCUT2D eigenvalue weighted by atomic mass is 19.4. The number of hydrogen-bond acceptors (Lipinski definition) is 5. The molecule has 1 fully saturated rings. The molecule has 29 heavy (non-hydrogen) atoms. The zero-order valence-corrected chi connectivity index (χ0v) is 15.4. The summed E-state index contributed by atoms with van der Waals surface area (Å²) in [4.78, 5) is 11.3. The van der Waals surface area contributed by atoms with Gasteiger partial charge in [-0.25, -0.2) is 11.6 Å². The predicted molar refractivity (Wildman–Crippen MR) is 103 cm³/mol. The van der Waals surface area contributed by atoms with Crippen LogP contribution in [0.2, 0.25) is 0 Å². The second-order valence-corrected chi connectivity index (χ2v) is 6.89. The lowest BCUT2D eigenvalue weighted by molar-refractivity contribution is -0.137. The topological polar surface area (TPSA) is 72.0 Å². The van der Waals surface area contributed by atoms with Crippen LogP contribution in [0, 0.1) is 6.57 Å². The number of nitrogens with one attached hydrogen (secondary N) is 2. The van der Waals surface area contributed by atoms with Crippen LogP contribution in [0.15, 0.2) is 30.6 Å². The van der Waals surface area contributed by atoms with Gasteiger partial charge in [-0.2, -0.15) is 27.9 Å². The molecule has 10 heteroatoms. The summed E-state index contributed by atoms with van der Waals surface area (Å²) < 4.78 is 41.7. The van der Waals surface area contributed by atoms with E-state index >= 15 is 0 Å². The Morgan fingerprint density at radius 1 is 1.21 bits per heavy atom. The van der Waals surface area contributed by atoms with E-state index in [4.69, 9.17) is 6.57 Å². The minimum absolute atomic E-state index is 0.0193. The maximum atomic E-state index is 13.4. The average Bonchev–Trinajstić information content (AvgIpc) is 3.32. The third-order valence-electron chi connectivity index (χ3n) is 4.93. The van der Waals surface area contributed by atoms with E-state index in [1.165, 1.54) is 0 Å². The Morgan fingerprint density at radius 2 is 2.00 bits per heavy atom. The zero-order valence-electron chi connectivity index (χ0n) is 15.4. The van der Waals surface area contributed by atoms with Gasteiger partial charge in [-0.3, -0.25) is 4.85 Å². The van der Waals surface area contributed by atoms with Gasteiger partial charge in [0.25, 0.3) is 0 Å². The Bertz CT molecular complexity index is 1060. The van der Waals surface area contributed by atoms with Crippen molar-refractivity contribution < 1.29 is 13.2 Å². The van der Waals surface area contributed by atoms with Crippen LogP contribution < -0.4 is 10.6 Å². The Morgan fingerprint density at radius 3 is 2.72 bits per heavy atom. The molecule has 1 saturated carbocycles. The van der Waals surface area contributed by atoms with E-state index in [2.05, 4.69) is 30.5 Å². The number of benzene rings is 1. The molecule has 1 aliphatic carbocycles. The van der Waals surface area contributed by atoms with E-state index in [1.54, 1.807) is 23.0 Å². The van der Waals surface area contributed by atoms with Crippen LogP contribution in [-0.2, 0) is 12.8 Å². The number of fused-ring (bicyclic) bond motifs is 1. The molecule has 0 saturated heterocycles. The predicted octanol–water partition coefficient (Wildman–Crippen LogP) is 4.82. The van der Waals surface area contributed by atoms with Crippen molar-refractivity contribution in [2.24, 2.45) is 0 Å². The molecular weight excluding hydrogens is 383 g/mol. The zero-order chi connectivity index (χ0) is 20.4. The first-order valence-corrected chi connectivity index (χ1v) is 9.21. The Kier molecular flexibility index (Phi) is 4.96. The molecule has 2 aromatic heterocycles. The monoisotopic (exact) mass is 401 g/mol. The largest absolute Gasteiger partial charge is 0.421 e. The lowest BCUT2D eigenvalue weighted by Crippen LogP contribution is -2.20. The van der Waals surface area contributed by atoms with Gasteiger partial charge in [-0.15, -0.1) is 0 Å². The summed E-state index contributed by atoms with van der Waals surface area (Å²) in [5.74, 6) is -0.151. The number of rotatable bonds is 5. The summed E-state index contributed by atoms with van der Waals surface area (Å²) in [6.07, 6.45) is 1.49. The number of nitrogens with zero attached hydrogens (tertiary/aromatic N) is 5. The minimum atomic E-state index is -4.54. The van der Waals surface area contributed by atoms with E-state index in [-0.39, 0.29) is 24.5 Å². The smallest absolute Gasteiger partial charge is 0.367 e. The van der Waals surface area contributed by atoms with Crippen molar-refractivity contribution in [1.82, 2.24) is 19.7 Å². The average molecular weight is 401 g/mol. The fourth-order valence-corrected chi connectivity index (χ4v) is 3.54. The first-order chi connectivity index (χ1) is 14.0. The van der Waals surface area contributed by atoms with Crippen molar-refractivity contribution in [2.45, 2.75) is 44.6 Å². The standard InChI is InChI=1S/C19H18F3N7/c1-23-11-29-16-8-4-7-15(13(16)9-25-29)27-18-24-10-14(19(20,21)22)17(28-18)26-12-5-2-3-6-12/h4,7-10,12H,2-3,5-6,11H2,(H2,24,26,27,28). The number of alkyl halides is 3. The van der Waals surface area contributed by atoms with Crippen LogP contribution in [0.5, 0.6) is 0 Å². The number of hydrogen-bond donors (Lipinski definition) is 2. The summed E-state index contributed by atoms with van der Waals surface area (Å²) in [6, 6.07) is 5.33. The molecule has 4 rings (SSSR count). The number of aromatic nitrogens is 4. The summed E-state index contributed by atoms with van der Waals surface area (Å²) in [5, 5.41) is 10.8. The van der Waals surface area contributed by atoms with Crippen LogP contribution in [0.1, 0.15) is 31.2 Å². The molecule has 1 aliphatic rings. The number of anilines is 3. The summed E-state index contributed by atoms with van der Waals surface area (Å²) in [6.45, 7) is 7.09. The molecule has 0 unspecified atom stereocenters. The van der Waals surface area contributed by atoms with Gasteiger partial charge in [0.15, 0.2) is 0 Å². The van der Waals surface area contributed by atoms with Gasteiger partial charge in [0.2, 0.25) is 5.95 Å². The van der Waals surface area contributed by atoms with Crippen molar-refractivity contribution in [3.05, 3.63) is 47.6 Å². The van der Waals surface area contributed by atoms with Gasteiger partial charge in [0.05, 0.1) is 17.4 Å². The van der Waals surface area contributed by atoms with Crippen molar-refractivity contribution in [3.63, 3.8) is 0 Å². The molecule has 1 aromatic carbocycles. The Labute approximate surface area is 164 Å². The van der Waals surface area contributed by atoms with Crippen molar-refractivity contribution in [1.29, 1.82) is 0 Å². The quantitative estimate of drug-likeness (QED) is 0.600. The summed E-state index contributed by atoms with van der Waals surface area (Å²) in [5.41, 5.74) is 0.463. The molecule has 0 radical (unpaired) electrons. The van der Waals surface area contributed by atoms with Crippen LogP contribution in [0.3, 0.4) is 0 Å². The van der Waals surface area contributed by atoms with Gasteiger partial charge >= 0.3 is 12.8 Å². The van der Waals surface area contributed by atoms with E-state index in [0.717, 1.165) is 42.8 Å². The van der Waals surface area contributed by atoms with Crippen LogP contribution in [0.4, 0.5) is 30.6 Å². The molecule has 150 valence electrons. The molecule has 7 nitrogen and oxygen atoms in total. The van der Waals surface area contributed by atoms with Crippen molar-refractivity contribution in [3.8, 4) is 0 Å². The van der Waals surface area contributed by atoms with Crippen LogP contribution in [0.25, 0.3) is 15.7 Å². The summed E-state index contributed by atoms with van der Waals surface area (Å²) >= 11 is 0. The third kappa shape index (κ3) is 3.94. The highest BCUT2D eigenvalue weighted by Crippen LogP contribution is 2.36. The maximum absolute atomic E-state index is 13.4. The molecule has 0 bridgehead atoms. The van der Waals surface area contributed by atoms with Crippen LogP contribution >= 0.6 is 0 Å². The Balaban J connectivity index is 1.67. The van der Waals surface area contributed by atoms with E-state index in [1.807, 2.05) is 6.07 Å². The highest BCUT2D eigenvalue weighted by Gasteiger charge is 2.36. The molecule has 0 spiro atoms. The third-order valence-corrected chi connectivity index (χ3v) is 4.93. The fourth-order valence-electron chi connectivity index (χ4n) is 3.54. The molecule has 2 N–H and O–H groups in total. The second-order valence-electron chi connectivity index (χ2n) is 6.89. The lowest BCUT2D eigenvalue weighted by atomic mass is 10.2. The molecule has 0 atom stereocenters. The molecule has 3 aromatic rings. The van der Waals surface area contributed by atoms with Gasteiger partial charge in [0.1, 0.15) is 11.4 Å². The van der Waals surface area contributed by atoms with E-state index < -0.39 is 11.7 Å². The molecule has 2 heterocycles. The Hall–Kier alpha value is -3.35. The van der Waals surface area contributed by atoms with Gasteiger partial charge < -0.3 is 10.6 Å². The number of halogens is 3. The molecular formula is C19H18F3N7. The van der Waals surface area contributed by atoms with Gasteiger partial charge in [-0.05, 0) is 25.0 Å². The molecule has 0 aliphatic heterocycles. The normalized spacial score (nSPS) is 14.8.